The van der Waals surface area contributed by atoms with Crippen molar-refractivity contribution in [3.8, 4) is 0 Å². The summed E-state index contributed by atoms with van der Waals surface area (Å²) < 4.78 is 0. The predicted molar refractivity (Wildman–Crippen MR) is 39.8 cm³/mol. The minimum absolute atomic E-state index is 0.250. The molecule has 0 unspecified atom stereocenters. The lowest BCUT2D eigenvalue weighted by atomic mass is 10.5. The van der Waals surface area contributed by atoms with Gasteiger partial charge < -0.3 is 15.3 Å². The molecule has 6 heteroatoms. The van der Waals surface area contributed by atoms with Crippen LogP contribution in [-0.2, 0) is 14.4 Å². The van der Waals surface area contributed by atoms with Crippen molar-refractivity contribution in [3.63, 3.8) is 0 Å². The summed E-state index contributed by atoms with van der Waals surface area (Å²) in [5, 5.41) is 22.1. The van der Waals surface area contributed by atoms with Gasteiger partial charge in [0.25, 0.3) is 6.47 Å². The van der Waals surface area contributed by atoms with Crippen molar-refractivity contribution in [3.05, 3.63) is 0 Å². The quantitative estimate of drug-likeness (QED) is 0.365. The van der Waals surface area contributed by atoms with E-state index in [4.69, 9.17) is 20.1 Å². The lowest BCUT2D eigenvalue weighted by Crippen LogP contribution is -2.05. The number of Topliss-reactive ketones (excluding diaryl/α,β-unsaturated/α-hetero) is 1. The summed E-state index contributed by atoms with van der Waals surface area (Å²) in [6, 6.07) is 0. The molecule has 72 valence electrons. The van der Waals surface area contributed by atoms with E-state index in [1.807, 2.05) is 0 Å². The van der Waals surface area contributed by atoms with E-state index in [2.05, 4.69) is 0 Å². The maximum atomic E-state index is 9.54. The number of carbonyl (C=O) groups is 3. The van der Waals surface area contributed by atoms with Crippen molar-refractivity contribution in [1.29, 1.82) is 0 Å². The zero-order valence-corrected chi connectivity index (χ0v) is 6.85. The first-order chi connectivity index (χ1) is 5.47. The third-order valence-corrected chi connectivity index (χ3v) is 0.301. The van der Waals surface area contributed by atoms with Crippen LogP contribution in [0.4, 0.5) is 0 Å². The second kappa shape index (κ2) is 16.3. The average molecular weight is 180 g/mol. The molecule has 0 aliphatic heterocycles. The van der Waals surface area contributed by atoms with Crippen LogP contribution in [0.2, 0.25) is 0 Å². The van der Waals surface area contributed by atoms with E-state index in [0.717, 1.165) is 6.92 Å². The minimum Gasteiger partial charge on any atom is -0.483 e. The molecule has 6 nitrogen and oxygen atoms in total. The maximum Gasteiger partial charge on any atom is 0.371 e. The third kappa shape index (κ3) is 74.4. The van der Waals surface area contributed by atoms with Gasteiger partial charge in [0.15, 0.2) is 0 Å². The van der Waals surface area contributed by atoms with Gasteiger partial charge in [-0.3, -0.25) is 9.59 Å². The Balaban J connectivity index is -0.000000115. The van der Waals surface area contributed by atoms with Crippen LogP contribution in [0.5, 0.6) is 0 Å². The molecule has 0 saturated heterocycles. The molecule has 0 radical (unpaired) electrons. The van der Waals surface area contributed by atoms with E-state index in [1.165, 1.54) is 0 Å². The van der Waals surface area contributed by atoms with E-state index in [1.54, 1.807) is 6.92 Å². The number of carboxylic acids is 1. The molecule has 0 aromatic carbocycles. The van der Waals surface area contributed by atoms with Gasteiger partial charge in [-0.25, -0.2) is 4.79 Å². The van der Waals surface area contributed by atoms with Crippen LogP contribution in [0.1, 0.15) is 13.8 Å². The van der Waals surface area contributed by atoms with Gasteiger partial charge in [-0.05, 0) is 6.92 Å². The Morgan fingerprint density at radius 3 is 1.50 bits per heavy atom. The van der Waals surface area contributed by atoms with Gasteiger partial charge >= 0.3 is 5.97 Å². The molecule has 0 spiro atoms. The molecule has 0 aliphatic rings. The van der Waals surface area contributed by atoms with E-state index in [0.29, 0.717) is 0 Å². The normalized spacial score (nSPS) is 6.25. The van der Waals surface area contributed by atoms with E-state index < -0.39 is 11.8 Å². The molecule has 3 N–H and O–H groups in total. The molecular formula is C6H12O6. The van der Waals surface area contributed by atoms with Gasteiger partial charge in [-0.15, -0.1) is 0 Å². The Labute approximate surface area is 69.4 Å². The molecule has 0 aromatic heterocycles. The summed E-state index contributed by atoms with van der Waals surface area (Å²) >= 11 is 0. The number of aliphatic hydroxyl groups is 1. The Bertz CT molecular complexity index is 118. The smallest absolute Gasteiger partial charge is 0.371 e. The van der Waals surface area contributed by atoms with Gasteiger partial charge in [0.1, 0.15) is 0 Å². The highest BCUT2D eigenvalue weighted by molar-refractivity contribution is 6.31. The Hall–Kier alpha value is -1.43. The van der Waals surface area contributed by atoms with Gasteiger partial charge in [-0.1, -0.05) is 0 Å². The summed E-state index contributed by atoms with van der Waals surface area (Å²) in [6.07, 6.45) is 0. The Kier molecular flexibility index (Phi) is 22.9. The van der Waals surface area contributed by atoms with Crippen LogP contribution in [-0.4, -0.2) is 40.2 Å². The highest BCUT2D eigenvalue weighted by atomic mass is 16.4. The van der Waals surface area contributed by atoms with Crippen LogP contribution in [0.25, 0.3) is 0 Å². The van der Waals surface area contributed by atoms with Crippen LogP contribution in [0, 0.1) is 0 Å². The van der Waals surface area contributed by atoms with Crippen LogP contribution >= 0.6 is 0 Å². The van der Waals surface area contributed by atoms with Crippen molar-refractivity contribution < 1.29 is 29.7 Å². The molecule has 0 amide bonds. The number of hydrogen-bond donors (Lipinski definition) is 3. The van der Waals surface area contributed by atoms with Gasteiger partial charge in [0.2, 0.25) is 5.78 Å². The predicted octanol–water partition coefficient (Wildman–Crippen LogP) is -0.641. The van der Waals surface area contributed by atoms with Crippen molar-refractivity contribution >= 4 is 18.2 Å². The molecule has 0 bridgehead atoms. The van der Waals surface area contributed by atoms with Crippen molar-refractivity contribution in [2.24, 2.45) is 0 Å². The summed E-state index contributed by atoms with van der Waals surface area (Å²) in [6.45, 7) is 2.68. The largest absolute Gasteiger partial charge is 0.483 e. The van der Waals surface area contributed by atoms with E-state index in [9.17, 15) is 9.59 Å². The number of carboxylic acid groups (broad SMARTS) is 2. The number of aliphatic carboxylic acids is 1. The Morgan fingerprint density at radius 2 is 1.50 bits per heavy atom. The SMILES string of the molecule is CC(=O)C(=O)O.CCO.O=CO. The fourth-order valence-corrected chi connectivity index (χ4v) is 0. The fourth-order valence-electron chi connectivity index (χ4n) is 0. The van der Waals surface area contributed by atoms with Crippen LogP contribution < -0.4 is 0 Å². The number of ketones is 1. The molecule has 0 saturated carbocycles. The molecule has 0 heterocycles. The molecule has 0 aromatic rings. The first kappa shape index (κ1) is 16.9. The first-order valence-corrected chi connectivity index (χ1v) is 2.90. The average Bonchev–Trinajstić information content (AvgIpc) is 1.90. The highest BCUT2D eigenvalue weighted by Crippen LogP contribution is 1.61. The standard InChI is InChI=1S/C3H4O3.C2H6O.CH2O2/c1-2(4)3(5)6;1-2-3;2-1-3/h1H3,(H,5,6);3H,2H2,1H3;1H,(H,2,3). The minimum atomic E-state index is -1.38. The molecule has 0 aliphatic carbocycles. The molecule has 12 heavy (non-hydrogen) atoms. The van der Waals surface area contributed by atoms with Crippen LogP contribution in [0.3, 0.4) is 0 Å². The zero-order chi connectivity index (χ0) is 10.6. The molecule has 0 atom stereocenters. The summed E-state index contributed by atoms with van der Waals surface area (Å²) in [5.41, 5.74) is 0. The number of rotatable bonds is 1. The number of aliphatic hydroxyl groups excluding tert-OH is 1. The topological polar surface area (TPSA) is 112 Å². The van der Waals surface area contributed by atoms with Crippen molar-refractivity contribution in [2.45, 2.75) is 13.8 Å². The summed E-state index contributed by atoms with van der Waals surface area (Å²) in [4.78, 5) is 27.3. The zero-order valence-electron chi connectivity index (χ0n) is 6.85. The van der Waals surface area contributed by atoms with Crippen molar-refractivity contribution in [1.82, 2.24) is 0 Å². The molecule has 0 fully saturated rings. The number of hydrogen-bond acceptors (Lipinski definition) is 4. The lowest BCUT2D eigenvalue weighted by Gasteiger charge is -1.73. The molecule has 0 rings (SSSR count). The van der Waals surface area contributed by atoms with Gasteiger partial charge in [-0.2, -0.15) is 0 Å². The van der Waals surface area contributed by atoms with Crippen molar-refractivity contribution in [2.75, 3.05) is 6.61 Å². The monoisotopic (exact) mass is 180 g/mol. The molecular weight excluding hydrogens is 168 g/mol. The number of carbonyl (C=O) groups excluding carboxylic acids is 1. The third-order valence-electron chi connectivity index (χ3n) is 0.301. The second-order valence-corrected chi connectivity index (χ2v) is 1.28. The lowest BCUT2D eigenvalue weighted by molar-refractivity contribution is -0.148. The summed E-state index contributed by atoms with van der Waals surface area (Å²) in [5.74, 6) is -2.20. The van der Waals surface area contributed by atoms with E-state index in [-0.39, 0.29) is 13.1 Å². The maximum absolute atomic E-state index is 9.54. The highest BCUT2D eigenvalue weighted by Gasteiger charge is 1.98. The second-order valence-electron chi connectivity index (χ2n) is 1.28. The van der Waals surface area contributed by atoms with Gasteiger partial charge in [0.05, 0.1) is 0 Å². The first-order valence-electron chi connectivity index (χ1n) is 2.90. The van der Waals surface area contributed by atoms with Gasteiger partial charge in [0, 0.05) is 13.5 Å². The fraction of sp³-hybridized carbons (Fsp3) is 0.500. The van der Waals surface area contributed by atoms with E-state index >= 15 is 0 Å². The Morgan fingerprint density at radius 1 is 1.42 bits per heavy atom. The van der Waals surface area contributed by atoms with Crippen LogP contribution in [0.15, 0.2) is 0 Å². The summed E-state index contributed by atoms with van der Waals surface area (Å²) in [7, 11) is 0.